The van der Waals surface area contributed by atoms with E-state index in [-0.39, 0.29) is 35.3 Å². The molecule has 4 N–H and O–H groups in total. The van der Waals surface area contributed by atoms with Gasteiger partial charge < -0.3 is 54.4 Å². The summed E-state index contributed by atoms with van der Waals surface area (Å²) < 4.78 is 2.22. The van der Waals surface area contributed by atoms with Gasteiger partial charge in [-0.25, -0.2) is 4.98 Å². The number of carbonyl (C=O) groups is 1. The summed E-state index contributed by atoms with van der Waals surface area (Å²) in [6, 6.07) is 0. The summed E-state index contributed by atoms with van der Waals surface area (Å²) in [7, 11) is 0. The number of piperazine rings is 3. The lowest BCUT2D eigenvalue weighted by atomic mass is 10.1. The Morgan fingerprint density at radius 2 is 1.84 bits per heavy atom. The van der Waals surface area contributed by atoms with Crippen molar-refractivity contribution in [1.29, 1.82) is 0 Å². The summed E-state index contributed by atoms with van der Waals surface area (Å²) in [5, 5.41) is 3.06. The van der Waals surface area contributed by atoms with E-state index in [0.29, 0.717) is 13.1 Å². The van der Waals surface area contributed by atoms with E-state index in [1.54, 1.807) is 6.33 Å². The number of hydrogen-bond donors (Lipinski definition) is 3. The van der Waals surface area contributed by atoms with Gasteiger partial charge in [-0.15, -0.1) is 0 Å². The molecule has 0 atom stereocenters. The van der Waals surface area contributed by atoms with Crippen molar-refractivity contribution in [2.24, 2.45) is 5.73 Å². The van der Waals surface area contributed by atoms with Crippen LogP contribution in [-0.4, -0.2) is 90.3 Å². The van der Waals surface area contributed by atoms with Crippen LogP contribution in [0.15, 0.2) is 12.5 Å². The molecule has 3 fully saturated rings. The molecule has 0 radical (unpaired) electrons. The van der Waals surface area contributed by atoms with Crippen LogP contribution in [0.2, 0.25) is 0 Å². The van der Waals surface area contributed by atoms with Crippen molar-refractivity contribution in [2.45, 2.75) is 12.8 Å². The Balaban J connectivity index is 0.00000156. The minimum atomic E-state index is 0. The zero-order chi connectivity index (χ0) is 16.2. The molecule has 2 bridgehead atoms. The van der Waals surface area contributed by atoms with Crippen molar-refractivity contribution in [1.82, 2.24) is 15.3 Å². The Labute approximate surface area is 166 Å². The van der Waals surface area contributed by atoms with E-state index < -0.39 is 0 Å². The summed E-state index contributed by atoms with van der Waals surface area (Å²) in [5.74, 6) is 0.188. The Kier molecular flexibility index (Phi) is 8.83. The zero-order valence-corrected chi connectivity index (χ0v) is 17.1. The number of quaternary nitrogens is 2. The summed E-state index contributed by atoms with van der Waals surface area (Å²) in [6.07, 6.45) is 5.41. The minimum Gasteiger partial charge on any atom is -1.00 e. The summed E-state index contributed by atoms with van der Waals surface area (Å²) in [6.45, 7) is 10.4. The Morgan fingerprint density at radius 1 is 1.20 bits per heavy atom. The molecule has 1 aromatic rings. The third kappa shape index (κ3) is 5.65. The third-order valence-electron chi connectivity index (χ3n) is 5.73. The van der Waals surface area contributed by atoms with Gasteiger partial charge in [-0.3, -0.25) is 4.79 Å². The smallest absolute Gasteiger partial charge is 0.275 e. The molecule has 3 aliphatic heterocycles. The molecule has 0 aliphatic carbocycles. The van der Waals surface area contributed by atoms with Crippen LogP contribution in [0.5, 0.6) is 0 Å². The molecule has 1 aromatic heterocycles. The van der Waals surface area contributed by atoms with Crippen LogP contribution >= 0.6 is 0 Å². The van der Waals surface area contributed by atoms with Crippen LogP contribution in [-0.2, 0) is 11.2 Å². The number of aromatic nitrogens is 2. The van der Waals surface area contributed by atoms with Gasteiger partial charge >= 0.3 is 0 Å². The first-order valence-corrected chi connectivity index (χ1v) is 8.80. The van der Waals surface area contributed by atoms with Gasteiger partial charge in [-0.1, -0.05) is 0 Å². The van der Waals surface area contributed by atoms with Gasteiger partial charge in [0.05, 0.1) is 12.9 Å². The number of imidazole rings is 1. The minimum absolute atomic E-state index is 0. The van der Waals surface area contributed by atoms with Crippen molar-refractivity contribution in [2.75, 3.05) is 65.4 Å². The van der Waals surface area contributed by atoms with Gasteiger partial charge in [0.25, 0.3) is 5.91 Å². The lowest BCUT2D eigenvalue weighted by molar-refractivity contribution is -1.08. The van der Waals surface area contributed by atoms with Gasteiger partial charge in [0, 0.05) is 31.3 Å². The number of amides is 1. The van der Waals surface area contributed by atoms with Crippen molar-refractivity contribution in [3.8, 4) is 0 Å². The number of nitrogens with one attached hydrogen (secondary N) is 2. The number of rotatable bonds is 8. The topological polar surface area (TPSA) is 83.8 Å². The van der Waals surface area contributed by atoms with Gasteiger partial charge in [0.1, 0.15) is 39.3 Å². The average Bonchev–Trinajstić information content (AvgIpc) is 3.08. The van der Waals surface area contributed by atoms with Crippen molar-refractivity contribution < 1.29 is 43.1 Å². The number of carbonyl (C=O) groups excluding carboxylic acids is 1. The molecule has 3 saturated heterocycles. The van der Waals surface area contributed by atoms with Crippen molar-refractivity contribution >= 4 is 5.91 Å². The molecule has 25 heavy (non-hydrogen) atoms. The summed E-state index contributed by atoms with van der Waals surface area (Å²) in [5.41, 5.74) is 6.74. The van der Waals surface area contributed by atoms with Crippen LogP contribution in [0, 0.1) is 0 Å². The van der Waals surface area contributed by atoms with E-state index in [1.807, 2.05) is 6.20 Å². The highest BCUT2D eigenvalue weighted by Crippen LogP contribution is 2.26. The Morgan fingerprint density at radius 3 is 2.40 bits per heavy atom. The molecular formula is C16H30BrClN6O. The Bertz CT molecular complexity index is 502. The van der Waals surface area contributed by atoms with Gasteiger partial charge in [-0.05, 0) is 6.54 Å². The average molecular weight is 438 g/mol. The number of nitrogens with zero attached hydrogens (tertiary/aromatic N) is 3. The highest BCUT2D eigenvalue weighted by atomic mass is 79.9. The normalized spacial score (nSPS) is 27.2. The molecule has 0 unspecified atom stereocenters. The maximum absolute atomic E-state index is 12.3. The molecule has 0 saturated carbocycles. The zero-order valence-electron chi connectivity index (χ0n) is 14.7. The molecule has 3 aliphatic rings. The molecule has 9 heteroatoms. The predicted octanol–water partition coefficient (Wildman–Crippen LogP) is -6.91. The lowest BCUT2D eigenvalue weighted by Crippen LogP contribution is -3.00. The maximum Gasteiger partial charge on any atom is 0.275 e. The number of H-pyrrole nitrogens is 1. The molecule has 0 spiro atoms. The summed E-state index contributed by atoms with van der Waals surface area (Å²) in [4.78, 5) is 19.3. The number of fused-ring (bicyclic) bond motifs is 3. The SMILES string of the molecule is NCCC[N+]12CC[N+](CC(=O)NCCc3cnc[nH]3)(CC1)CC2.[Br-].[Cl-]. The molecule has 4 rings (SSSR count). The second-order valence-corrected chi connectivity index (χ2v) is 7.23. The van der Waals surface area contributed by atoms with Crippen LogP contribution in [0.4, 0.5) is 0 Å². The quantitative estimate of drug-likeness (QED) is 0.354. The first-order chi connectivity index (χ1) is 11.2. The standard InChI is InChI=1S/C16H29N6O.BrH.ClH/c17-3-1-5-21-6-9-22(10-7-21,11-8-21)13-16(23)19-4-2-15-12-18-14-20-15;;/h12,14H,1-11,13,17H2,(H-,18,19,20,23);2*1H/q+1;;/p-1. The summed E-state index contributed by atoms with van der Waals surface area (Å²) >= 11 is 0. The molecule has 7 nitrogen and oxygen atoms in total. The van der Waals surface area contributed by atoms with Crippen molar-refractivity contribution in [3.63, 3.8) is 0 Å². The molecule has 0 aromatic carbocycles. The first-order valence-electron chi connectivity index (χ1n) is 8.80. The van der Waals surface area contributed by atoms with E-state index in [4.69, 9.17) is 5.73 Å². The first kappa shape index (κ1) is 22.4. The fraction of sp³-hybridized carbons (Fsp3) is 0.750. The van der Waals surface area contributed by atoms with Gasteiger partial charge in [0.15, 0.2) is 6.54 Å². The monoisotopic (exact) mass is 436 g/mol. The molecule has 1 amide bonds. The third-order valence-corrected chi connectivity index (χ3v) is 5.73. The molecular weight excluding hydrogens is 408 g/mol. The van der Waals surface area contributed by atoms with Crippen molar-refractivity contribution in [3.05, 3.63) is 18.2 Å². The fourth-order valence-electron chi connectivity index (χ4n) is 4.06. The van der Waals surface area contributed by atoms with E-state index in [9.17, 15) is 4.79 Å². The molecule has 4 heterocycles. The fourth-order valence-corrected chi connectivity index (χ4v) is 4.06. The van der Waals surface area contributed by atoms with Crippen LogP contribution in [0.1, 0.15) is 12.1 Å². The van der Waals surface area contributed by atoms with E-state index >= 15 is 0 Å². The van der Waals surface area contributed by atoms with Crippen LogP contribution in [0.3, 0.4) is 0 Å². The number of aromatic amines is 1. The van der Waals surface area contributed by atoms with E-state index in [0.717, 1.165) is 49.2 Å². The van der Waals surface area contributed by atoms with Gasteiger partial charge in [0.2, 0.25) is 0 Å². The highest BCUT2D eigenvalue weighted by Gasteiger charge is 2.49. The number of halogens is 2. The Hall–Kier alpha value is -0.670. The van der Waals surface area contributed by atoms with Crippen LogP contribution < -0.4 is 40.4 Å². The van der Waals surface area contributed by atoms with E-state index in [2.05, 4.69) is 15.3 Å². The second kappa shape index (κ2) is 9.87. The van der Waals surface area contributed by atoms with Gasteiger partial charge in [-0.2, -0.15) is 0 Å². The second-order valence-electron chi connectivity index (χ2n) is 7.23. The van der Waals surface area contributed by atoms with Crippen LogP contribution in [0.25, 0.3) is 0 Å². The maximum atomic E-state index is 12.3. The molecule has 144 valence electrons. The predicted molar refractivity (Wildman–Crippen MR) is 88.4 cm³/mol. The lowest BCUT2D eigenvalue weighted by Gasteiger charge is -2.55. The number of hydrogen-bond acceptors (Lipinski definition) is 3. The van der Waals surface area contributed by atoms with E-state index in [1.165, 1.54) is 30.7 Å². The number of nitrogens with two attached hydrogens (primary N) is 1. The highest BCUT2D eigenvalue weighted by molar-refractivity contribution is 5.77. The largest absolute Gasteiger partial charge is 1.00 e.